The fourth-order valence-electron chi connectivity index (χ4n) is 5.34. The third-order valence-corrected chi connectivity index (χ3v) is 7.79. The van der Waals surface area contributed by atoms with Gasteiger partial charge < -0.3 is 10.2 Å². The van der Waals surface area contributed by atoms with Crippen LogP contribution in [-0.4, -0.2) is 36.0 Å². The standard InChI is InChI=1S/C18H29N5S/c1-2-14-4-3-13(1)10-23(11-14)18-22-21-17(24-18)20-16-15-7-5-12(6-8-15)9-19-16/h12-16,19H,1-11H2,(H,20,21). The minimum Gasteiger partial charge on any atom is -0.346 e. The Labute approximate surface area is 148 Å². The minimum absolute atomic E-state index is 0.388. The zero-order chi connectivity index (χ0) is 15.9. The van der Waals surface area contributed by atoms with Crippen LogP contribution in [0.5, 0.6) is 0 Å². The Morgan fingerprint density at radius 3 is 2.25 bits per heavy atom. The molecule has 0 radical (unpaired) electrons. The number of rotatable bonds is 3. The molecule has 6 heteroatoms. The average molecular weight is 348 g/mol. The Bertz CT molecular complexity index is 546. The second-order valence-corrected chi connectivity index (χ2v) is 9.45. The van der Waals surface area contributed by atoms with E-state index in [1.807, 2.05) is 0 Å². The van der Waals surface area contributed by atoms with Crippen LogP contribution >= 0.6 is 11.3 Å². The summed E-state index contributed by atoms with van der Waals surface area (Å²) >= 11 is 1.76. The zero-order valence-electron chi connectivity index (χ0n) is 14.4. The van der Waals surface area contributed by atoms with Crippen molar-refractivity contribution in [2.24, 2.45) is 23.7 Å². The van der Waals surface area contributed by atoms with Crippen molar-refractivity contribution in [1.29, 1.82) is 0 Å². The van der Waals surface area contributed by atoms with E-state index in [2.05, 4.69) is 25.7 Å². The van der Waals surface area contributed by atoms with Gasteiger partial charge in [-0.3, -0.25) is 5.32 Å². The molecule has 1 atom stereocenters. The highest BCUT2D eigenvalue weighted by Crippen LogP contribution is 2.38. The van der Waals surface area contributed by atoms with Crippen molar-refractivity contribution >= 4 is 21.6 Å². The third kappa shape index (κ3) is 3.03. The molecule has 132 valence electrons. The Balaban J connectivity index is 1.27. The number of hydrogen-bond acceptors (Lipinski definition) is 6. The van der Waals surface area contributed by atoms with E-state index in [4.69, 9.17) is 0 Å². The van der Waals surface area contributed by atoms with Crippen molar-refractivity contribution in [1.82, 2.24) is 15.5 Å². The molecule has 0 amide bonds. The minimum atomic E-state index is 0.388. The number of nitrogens with one attached hydrogen (secondary N) is 2. The first-order valence-corrected chi connectivity index (χ1v) is 10.7. The van der Waals surface area contributed by atoms with Crippen LogP contribution in [0.1, 0.15) is 51.4 Å². The zero-order valence-corrected chi connectivity index (χ0v) is 15.2. The van der Waals surface area contributed by atoms with Gasteiger partial charge in [-0.1, -0.05) is 11.3 Å². The van der Waals surface area contributed by atoms with Crippen molar-refractivity contribution < 1.29 is 0 Å². The molecule has 7 rings (SSSR count). The lowest BCUT2D eigenvalue weighted by Crippen LogP contribution is -2.40. The Morgan fingerprint density at radius 2 is 1.54 bits per heavy atom. The molecule has 5 heterocycles. The first kappa shape index (κ1) is 15.4. The summed E-state index contributed by atoms with van der Waals surface area (Å²) in [6.07, 6.45) is 11.6. The normalized spacial score (nSPS) is 38.8. The first-order chi connectivity index (χ1) is 11.8. The lowest BCUT2D eigenvalue weighted by molar-refractivity contribution is 0.302. The number of nitrogens with zero attached hydrogens (tertiary/aromatic N) is 3. The largest absolute Gasteiger partial charge is 0.346 e. The van der Waals surface area contributed by atoms with Gasteiger partial charge in [-0.15, -0.1) is 10.2 Å². The van der Waals surface area contributed by atoms with E-state index in [1.165, 1.54) is 64.5 Å². The highest BCUT2D eigenvalue weighted by molar-refractivity contribution is 7.19. The van der Waals surface area contributed by atoms with Crippen LogP contribution in [0, 0.1) is 23.7 Å². The summed E-state index contributed by atoms with van der Waals surface area (Å²) in [5.74, 6) is 3.40. The van der Waals surface area contributed by atoms with Crippen molar-refractivity contribution in [2.45, 2.75) is 57.5 Å². The summed E-state index contributed by atoms with van der Waals surface area (Å²) in [5.41, 5.74) is 0. The van der Waals surface area contributed by atoms with Gasteiger partial charge in [-0.2, -0.15) is 0 Å². The molecular weight excluding hydrogens is 318 g/mol. The number of anilines is 2. The van der Waals surface area contributed by atoms with Crippen LogP contribution in [0.2, 0.25) is 0 Å². The van der Waals surface area contributed by atoms with E-state index in [0.717, 1.165) is 40.5 Å². The van der Waals surface area contributed by atoms with Gasteiger partial charge in [0.2, 0.25) is 10.3 Å². The van der Waals surface area contributed by atoms with Gasteiger partial charge in [0.25, 0.3) is 0 Å². The SMILES string of the molecule is C1CC2CCC1CNC2Nc1nnc(N2CC3CCC(CC3)C2)s1. The third-order valence-electron chi connectivity index (χ3n) is 6.88. The molecule has 1 unspecified atom stereocenters. The van der Waals surface area contributed by atoms with Gasteiger partial charge in [0.05, 0.1) is 6.17 Å². The highest BCUT2D eigenvalue weighted by atomic mass is 32.1. The van der Waals surface area contributed by atoms with Crippen LogP contribution in [-0.2, 0) is 0 Å². The average Bonchev–Trinajstić information content (AvgIpc) is 2.80. The van der Waals surface area contributed by atoms with Gasteiger partial charge in [0.1, 0.15) is 0 Å². The van der Waals surface area contributed by atoms with Gasteiger partial charge in [-0.25, -0.2) is 0 Å². The molecule has 1 aromatic rings. The summed E-state index contributed by atoms with van der Waals surface area (Å²) < 4.78 is 0. The molecule has 1 aromatic heterocycles. The van der Waals surface area contributed by atoms with Crippen molar-refractivity contribution in [2.75, 3.05) is 29.9 Å². The molecule has 2 N–H and O–H groups in total. The Kier molecular flexibility index (Phi) is 4.13. The monoisotopic (exact) mass is 347 g/mol. The Morgan fingerprint density at radius 1 is 0.875 bits per heavy atom. The Hall–Kier alpha value is -0.880. The molecule has 6 aliphatic rings. The summed E-state index contributed by atoms with van der Waals surface area (Å²) in [4.78, 5) is 2.52. The van der Waals surface area contributed by atoms with E-state index >= 15 is 0 Å². The summed E-state index contributed by atoms with van der Waals surface area (Å²) in [5, 5.41) is 18.5. The number of hydrogen-bond donors (Lipinski definition) is 2. The number of aromatic nitrogens is 2. The molecule has 4 bridgehead atoms. The van der Waals surface area contributed by atoms with Crippen molar-refractivity contribution in [3.63, 3.8) is 0 Å². The molecule has 5 nitrogen and oxygen atoms in total. The van der Waals surface area contributed by atoms with Crippen LogP contribution in [0.4, 0.5) is 10.3 Å². The van der Waals surface area contributed by atoms with Gasteiger partial charge in [0, 0.05) is 13.1 Å². The molecule has 2 saturated carbocycles. The molecule has 4 aliphatic heterocycles. The van der Waals surface area contributed by atoms with E-state index in [9.17, 15) is 0 Å². The second-order valence-electron chi connectivity index (χ2n) is 8.49. The predicted molar refractivity (Wildman–Crippen MR) is 98.4 cm³/mol. The number of fused-ring (bicyclic) bond motifs is 8. The lowest BCUT2D eigenvalue weighted by atomic mass is 9.83. The first-order valence-electron chi connectivity index (χ1n) is 9.92. The molecule has 24 heavy (non-hydrogen) atoms. The second kappa shape index (κ2) is 6.45. The maximum Gasteiger partial charge on any atom is 0.210 e. The molecule has 0 spiro atoms. The fourth-order valence-corrected chi connectivity index (χ4v) is 6.14. The van der Waals surface area contributed by atoms with Crippen molar-refractivity contribution in [3.8, 4) is 0 Å². The van der Waals surface area contributed by atoms with Gasteiger partial charge in [0.15, 0.2) is 0 Å². The maximum atomic E-state index is 4.53. The summed E-state index contributed by atoms with van der Waals surface area (Å²) in [6, 6.07) is 0. The molecule has 4 saturated heterocycles. The van der Waals surface area contributed by atoms with E-state index in [1.54, 1.807) is 11.3 Å². The fraction of sp³-hybridized carbons (Fsp3) is 0.889. The summed E-state index contributed by atoms with van der Waals surface area (Å²) in [7, 11) is 0. The van der Waals surface area contributed by atoms with E-state index in [-0.39, 0.29) is 0 Å². The molecule has 6 fully saturated rings. The van der Waals surface area contributed by atoms with Crippen LogP contribution in [0.3, 0.4) is 0 Å². The van der Waals surface area contributed by atoms with E-state index in [0.29, 0.717) is 6.17 Å². The maximum absolute atomic E-state index is 4.53. The predicted octanol–water partition coefficient (Wildman–Crippen LogP) is 3.31. The lowest BCUT2D eigenvalue weighted by Gasteiger charge is -2.27. The van der Waals surface area contributed by atoms with E-state index < -0.39 is 0 Å². The van der Waals surface area contributed by atoms with Crippen LogP contribution in [0.25, 0.3) is 0 Å². The highest BCUT2D eigenvalue weighted by Gasteiger charge is 2.33. The quantitative estimate of drug-likeness (QED) is 0.878. The molecule has 2 aliphatic carbocycles. The molecular formula is C18H29N5S. The van der Waals surface area contributed by atoms with Crippen LogP contribution < -0.4 is 15.5 Å². The van der Waals surface area contributed by atoms with Crippen LogP contribution in [0.15, 0.2) is 0 Å². The van der Waals surface area contributed by atoms with Gasteiger partial charge >= 0.3 is 0 Å². The van der Waals surface area contributed by atoms with Crippen molar-refractivity contribution in [3.05, 3.63) is 0 Å². The topological polar surface area (TPSA) is 53.1 Å². The molecule has 0 aromatic carbocycles. The smallest absolute Gasteiger partial charge is 0.210 e. The summed E-state index contributed by atoms with van der Waals surface area (Å²) in [6.45, 7) is 3.55. The van der Waals surface area contributed by atoms with Gasteiger partial charge in [-0.05, 0) is 81.6 Å².